The zero-order valence-electron chi connectivity index (χ0n) is 15.7. The van der Waals surface area contributed by atoms with Gasteiger partial charge in [0, 0.05) is 25.2 Å². The summed E-state index contributed by atoms with van der Waals surface area (Å²) in [5.41, 5.74) is 1.36. The SMILES string of the molecule is COc1cc(C)c(C(=O)N2CCOC(CN(C)CC(=O)O)C2)cc1OC. The summed E-state index contributed by atoms with van der Waals surface area (Å²) in [5, 5.41) is 8.86. The van der Waals surface area contributed by atoms with Crippen molar-refractivity contribution in [3.8, 4) is 11.5 Å². The molecule has 0 bridgehead atoms. The van der Waals surface area contributed by atoms with Gasteiger partial charge in [0.05, 0.1) is 33.5 Å². The number of benzene rings is 1. The van der Waals surface area contributed by atoms with Crippen molar-refractivity contribution >= 4 is 11.9 Å². The Bertz CT molecular complexity index is 663. The molecule has 1 aromatic rings. The molecule has 1 fully saturated rings. The van der Waals surface area contributed by atoms with Crippen LogP contribution in [0.2, 0.25) is 0 Å². The molecule has 2 rings (SSSR count). The quantitative estimate of drug-likeness (QED) is 0.766. The Kier molecular flexibility index (Phi) is 6.82. The number of carboxylic acids is 1. The smallest absolute Gasteiger partial charge is 0.317 e. The van der Waals surface area contributed by atoms with Crippen molar-refractivity contribution < 1.29 is 28.9 Å². The predicted octanol–water partition coefficient (Wildman–Crippen LogP) is 0.870. The zero-order valence-corrected chi connectivity index (χ0v) is 15.7. The molecular formula is C18H26N2O6. The molecule has 1 aromatic carbocycles. The number of morpholine rings is 1. The van der Waals surface area contributed by atoms with Gasteiger partial charge in [0.15, 0.2) is 11.5 Å². The average Bonchev–Trinajstić information content (AvgIpc) is 2.60. The third kappa shape index (κ3) is 4.86. The van der Waals surface area contributed by atoms with Crippen LogP contribution in [0.25, 0.3) is 0 Å². The number of amides is 1. The van der Waals surface area contributed by atoms with Crippen LogP contribution in [-0.2, 0) is 9.53 Å². The Hall–Kier alpha value is -2.32. The maximum absolute atomic E-state index is 13.0. The van der Waals surface area contributed by atoms with E-state index in [1.165, 1.54) is 7.11 Å². The number of ether oxygens (including phenoxy) is 3. The number of carbonyl (C=O) groups is 2. The maximum atomic E-state index is 13.0. The second-order valence-corrected chi connectivity index (χ2v) is 6.36. The molecule has 0 radical (unpaired) electrons. The van der Waals surface area contributed by atoms with Crippen molar-refractivity contribution in [2.24, 2.45) is 0 Å². The van der Waals surface area contributed by atoms with Gasteiger partial charge in [-0.25, -0.2) is 0 Å². The van der Waals surface area contributed by atoms with Crippen molar-refractivity contribution in [3.63, 3.8) is 0 Å². The van der Waals surface area contributed by atoms with Crippen LogP contribution in [0.3, 0.4) is 0 Å². The number of aryl methyl sites for hydroxylation is 1. The minimum atomic E-state index is -0.891. The highest BCUT2D eigenvalue weighted by molar-refractivity contribution is 5.96. The van der Waals surface area contributed by atoms with Gasteiger partial charge in [-0.1, -0.05) is 0 Å². The second kappa shape index (κ2) is 8.86. The Balaban J connectivity index is 2.10. The monoisotopic (exact) mass is 366 g/mol. The van der Waals surface area contributed by atoms with Gasteiger partial charge in [0.1, 0.15) is 0 Å². The molecule has 0 aromatic heterocycles. The summed E-state index contributed by atoms with van der Waals surface area (Å²) in [6.45, 7) is 3.56. The van der Waals surface area contributed by atoms with Gasteiger partial charge in [0.2, 0.25) is 0 Å². The zero-order chi connectivity index (χ0) is 19.3. The van der Waals surface area contributed by atoms with Crippen LogP contribution in [0.5, 0.6) is 11.5 Å². The summed E-state index contributed by atoms with van der Waals surface area (Å²) in [5.74, 6) is 0.0963. The average molecular weight is 366 g/mol. The number of hydrogen-bond acceptors (Lipinski definition) is 6. The lowest BCUT2D eigenvalue weighted by molar-refractivity contribution is -0.138. The highest BCUT2D eigenvalue weighted by Crippen LogP contribution is 2.31. The molecule has 1 atom stereocenters. The molecule has 0 aliphatic carbocycles. The Morgan fingerprint density at radius 1 is 1.31 bits per heavy atom. The number of nitrogens with zero attached hydrogens (tertiary/aromatic N) is 2. The van der Waals surface area contributed by atoms with E-state index in [1.807, 2.05) is 6.92 Å². The minimum Gasteiger partial charge on any atom is -0.493 e. The number of carbonyl (C=O) groups excluding carboxylic acids is 1. The van der Waals surface area contributed by atoms with Crippen LogP contribution in [0.15, 0.2) is 12.1 Å². The van der Waals surface area contributed by atoms with Crippen molar-refractivity contribution in [3.05, 3.63) is 23.3 Å². The molecular weight excluding hydrogens is 340 g/mol. The fraction of sp³-hybridized carbons (Fsp3) is 0.556. The summed E-state index contributed by atoms with van der Waals surface area (Å²) in [6.07, 6.45) is -0.225. The lowest BCUT2D eigenvalue weighted by Crippen LogP contribution is -2.49. The number of aliphatic carboxylic acids is 1. The summed E-state index contributed by atoms with van der Waals surface area (Å²) in [6, 6.07) is 3.47. The van der Waals surface area contributed by atoms with Crippen LogP contribution in [0.4, 0.5) is 0 Å². The molecule has 8 heteroatoms. The molecule has 8 nitrogen and oxygen atoms in total. The van der Waals surface area contributed by atoms with Crippen molar-refractivity contribution in [1.29, 1.82) is 0 Å². The summed E-state index contributed by atoms with van der Waals surface area (Å²) >= 11 is 0. The molecule has 1 aliphatic heterocycles. The van der Waals surface area contributed by atoms with Crippen molar-refractivity contribution in [1.82, 2.24) is 9.80 Å². The minimum absolute atomic E-state index is 0.0669. The molecule has 0 saturated carbocycles. The third-order valence-electron chi connectivity index (χ3n) is 4.31. The molecule has 144 valence electrons. The van der Waals surface area contributed by atoms with E-state index < -0.39 is 5.97 Å². The number of methoxy groups -OCH3 is 2. The van der Waals surface area contributed by atoms with Crippen LogP contribution in [0, 0.1) is 6.92 Å². The third-order valence-corrected chi connectivity index (χ3v) is 4.31. The van der Waals surface area contributed by atoms with E-state index in [-0.39, 0.29) is 18.6 Å². The number of hydrogen-bond donors (Lipinski definition) is 1. The molecule has 0 spiro atoms. The Morgan fingerprint density at radius 2 is 1.96 bits per heavy atom. The topological polar surface area (TPSA) is 88.5 Å². The predicted molar refractivity (Wildman–Crippen MR) is 95.1 cm³/mol. The highest BCUT2D eigenvalue weighted by Gasteiger charge is 2.27. The van der Waals surface area contributed by atoms with E-state index in [0.29, 0.717) is 43.3 Å². The molecule has 1 N–H and O–H groups in total. The fourth-order valence-corrected chi connectivity index (χ4v) is 3.04. The van der Waals surface area contributed by atoms with Gasteiger partial charge < -0.3 is 24.2 Å². The molecule has 1 amide bonds. The number of carboxylic acid groups (broad SMARTS) is 1. The van der Waals surface area contributed by atoms with E-state index in [9.17, 15) is 9.59 Å². The molecule has 1 saturated heterocycles. The van der Waals surface area contributed by atoms with Gasteiger partial charge >= 0.3 is 5.97 Å². The fourth-order valence-electron chi connectivity index (χ4n) is 3.04. The largest absolute Gasteiger partial charge is 0.493 e. The molecule has 26 heavy (non-hydrogen) atoms. The molecule has 1 aliphatic rings. The van der Waals surface area contributed by atoms with E-state index in [4.69, 9.17) is 19.3 Å². The first-order chi connectivity index (χ1) is 12.3. The van der Waals surface area contributed by atoms with Gasteiger partial charge in [0.25, 0.3) is 5.91 Å². The van der Waals surface area contributed by atoms with Gasteiger partial charge in [-0.05, 0) is 31.7 Å². The first kappa shape index (κ1) is 20.0. The van der Waals surface area contributed by atoms with E-state index >= 15 is 0 Å². The van der Waals surface area contributed by atoms with E-state index in [2.05, 4.69) is 0 Å². The molecule has 1 unspecified atom stereocenters. The standard InChI is InChI=1S/C18H26N2O6/c1-12-7-15(24-3)16(25-4)8-14(12)18(23)20-5-6-26-13(10-20)9-19(2)11-17(21)22/h7-8,13H,5-6,9-11H2,1-4H3,(H,21,22). The van der Waals surface area contributed by atoms with Gasteiger partial charge in [-0.2, -0.15) is 0 Å². The van der Waals surface area contributed by atoms with Crippen LogP contribution >= 0.6 is 0 Å². The molecule has 1 heterocycles. The van der Waals surface area contributed by atoms with Crippen LogP contribution in [0.1, 0.15) is 15.9 Å². The number of rotatable bonds is 7. The summed E-state index contributed by atoms with van der Waals surface area (Å²) < 4.78 is 16.2. The van der Waals surface area contributed by atoms with Crippen LogP contribution in [-0.4, -0.2) is 86.9 Å². The van der Waals surface area contributed by atoms with Crippen LogP contribution < -0.4 is 9.47 Å². The normalized spacial score (nSPS) is 17.3. The Morgan fingerprint density at radius 3 is 2.58 bits per heavy atom. The van der Waals surface area contributed by atoms with Gasteiger partial charge in [-0.3, -0.25) is 14.5 Å². The maximum Gasteiger partial charge on any atom is 0.317 e. The van der Waals surface area contributed by atoms with E-state index in [1.54, 1.807) is 36.1 Å². The lowest BCUT2D eigenvalue weighted by atomic mass is 10.1. The first-order valence-corrected chi connectivity index (χ1v) is 8.39. The second-order valence-electron chi connectivity index (χ2n) is 6.36. The van der Waals surface area contributed by atoms with Gasteiger partial charge in [-0.15, -0.1) is 0 Å². The van der Waals surface area contributed by atoms with E-state index in [0.717, 1.165) is 5.56 Å². The lowest BCUT2D eigenvalue weighted by Gasteiger charge is -2.35. The summed E-state index contributed by atoms with van der Waals surface area (Å²) in [4.78, 5) is 27.2. The number of likely N-dealkylation sites (N-methyl/N-ethyl adjacent to an activating group) is 1. The highest BCUT2D eigenvalue weighted by atomic mass is 16.5. The summed E-state index contributed by atoms with van der Waals surface area (Å²) in [7, 11) is 4.81. The Labute approximate surface area is 153 Å². The van der Waals surface area contributed by atoms with Crippen molar-refractivity contribution in [2.75, 3.05) is 54.1 Å². The van der Waals surface area contributed by atoms with Crippen molar-refractivity contribution in [2.45, 2.75) is 13.0 Å². The first-order valence-electron chi connectivity index (χ1n) is 8.39.